The van der Waals surface area contributed by atoms with Gasteiger partial charge < -0.3 is 5.11 Å². The van der Waals surface area contributed by atoms with Crippen molar-refractivity contribution < 1.29 is 22.3 Å². The normalized spacial score (nSPS) is 16.7. The molecule has 0 bridgehead atoms. The molecule has 0 amide bonds. The van der Waals surface area contributed by atoms with Gasteiger partial charge in [-0.25, -0.2) is 4.18 Å². The highest BCUT2D eigenvalue weighted by Gasteiger charge is 2.23. The highest BCUT2D eigenvalue weighted by Crippen LogP contribution is 2.17. The molecule has 0 rings (SSSR count). The van der Waals surface area contributed by atoms with Crippen molar-refractivity contribution in [1.29, 1.82) is 0 Å². The van der Waals surface area contributed by atoms with Crippen LogP contribution in [-0.4, -0.2) is 30.3 Å². The molecule has 0 aliphatic heterocycles. The first-order valence-corrected chi connectivity index (χ1v) is 6.33. The van der Waals surface area contributed by atoms with Crippen LogP contribution in [0.15, 0.2) is 0 Å². The molecule has 6 heteroatoms. The van der Waals surface area contributed by atoms with E-state index in [0.717, 1.165) is 12.8 Å². The van der Waals surface area contributed by atoms with Gasteiger partial charge in [-0.05, 0) is 19.3 Å². The first-order chi connectivity index (χ1) is 6.62. The maximum atomic E-state index is 10.3. The largest absolute Gasteiger partial charge is 0.397 e. The molecule has 1 atom stereocenters. The zero-order chi connectivity index (χ0) is 12.1. The van der Waals surface area contributed by atoms with Crippen LogP contribution in [0.1, 0.15) is 40.0 Å². The van der Waals surface area contributed by atoms with Gasteiger partial charge in [0.1, 0.15) is 0 Å². The van der Waals surface area contributed by atoms with Crippen LogP contribution < -0.4 is 0 Å². The summed E-state index contributed by atoms with van der Waals surface area (Å²) in [5.74, 6) is 0.545. The minimum absolute atomic E-state index is 0.413. The monoisotopic (exact) mass is 240 g/mol. The molecule has 92 valence electrons. The Morgan fingerprint density at radius 1 is 1.40 bits per heavy atom. The predicted octanol–water partition coefficient (Wildman–Crippen LogP) is 1.38. The molecule has 0 fully saturated rings. The second-order valence-corrected chi connectivity index (χ2v) is 5.56. The van der Waals surface area contributed by atoms with Gasteiger partial charge in [0.25, 0.3) is 0 Å². The summed E-state index contributed by atoms with van der Waals surface area (Å²) in [5, 5.41) is 9.69. The molecule has 0 radical (unpaired) electrons. The lowest BCUT2D eigenvalue weighted by molar-refractivity contribution is 0.000330. The van der Waals surface area contributed by atoms with Gasteiger partial charge >= 0.3 is 10.4 Å². The van der Waals surface area contributed by atoms with Crippen LogP contribution in [0.3, 0.4) is 0 Å². The Balaban J connectivity index is 3.87. The third-order valence-corrected chi connectivity index (χ3v) is 2.43. The average Bonchev–Trinajstić information content (AvgIpc) is 1.99. The Kier molecular flexibility index (Phi) is 5.72. The fourth-order valence-electron chi connectivity index (χ4n) is 1.16. The Bertz CT molecular complexity index is 268. The Labute approximate surface area is 91.4 Å². The van der Waals surface area contributed by atoms with E-state index in [9.17, 15) is 13.5 Å². The van der Waals surface area contributed by atoms with Gasteiger partial charge in [-0.15, -0.1) is 0 Å². The van der Waals surface area contributed by atoms with Gasteiger partial charge in [0, 0.05) is 0 Å². The Hall–Kier alpha value is -0.170. The zero-order valence-electron chi connectivity index (χ0n) is 9.43. The quantitative estimate of drug-likeness (QED) is 0.657. The van der Waals surface area contributed by atoms with Crippen molar-refractivity contribution in [2.24, 2.45) is 5.92 Å². The van der Waals surface area contributed by atoms with Crippen LogP contribution in [0.2, 0.25) is 0 Å². The highest BCUT2D eigenvalue weighted by atomic mass is 32.3. The van der Waals surface area contributed by atoms with E-state index in [4.69, 9.17) is 4.55 Å². The summed E-state index contributed by atoms with van der Waals surface area (Å²) in [4.78, 5) is 0. The third-order valence-electron chi connectivity index (χ3n) is 2.02. The third kappa shape index (κ3) is 10.1. The maximum Gasteiger partial charge on any atom is 0.397 e. The van der Waals surface area contributed by atoms with Gasteiger partial charge in [0.05, 0.1) is 12.2 Å². The van der Waals surface area contributed by atoms with E-state index >= 15 is 0 Å². The minimum atomic E-state index is -4.46. The van der Waals surface area contributed by atoms with Gasteiger partial charge in [0.15, 0.2) is 0 Å². The fraction of sp³-hybridized carbons (Fsp3) is 1.00. The molecule has 0 aromatic rings. The van der Waals surface area contributed by atoms with E-state index in [1.807, 2.05) is 0 Å². The van der Waals surface area contributed by atoms with Crippen molar-refractivity contribution in [2.45, 2.75) is 45.6 Å². The van der Waals surface area contributed by atoms with E-state index in [2.05, 4.69) is 18.0 Å². The lowest BCUT2D eigenvalue weighted by Crippen LogP contribution is -2.31. The van der Waals surface area contributed by atoms with E-state index in [-0.39, 0.29) is 0 Å². The molecule has 0 heterocycles. The first kappa shape index (κ1) is 14.8. The topological polar surface area (TPSA) is 83.8 Å². The first-order valence-electron chi connectivity index (χ1n) is 4.96. The lowest BCUT2D eigenvalue weighted by atomic mass is 9.97. The number of hydrogen-bond acceptors (Lipinski definition) is 4. The number of hydrogen-bond donors (Lipinski definition) is 2. The van der Waals surface area contributed by atoms with Crippen molar-refractivity contribution in [1.82, 2.24) is 0 Å². The zero-order valence-corrected chi connectivity index (χ0v) is 10.2. The summed E-state index contributed by atoms with van der Waals surface area (Å²) in [6, 6.07) is 0. The molecule has 1 unspecified atom stereocenters. The Morgan fingerprint density at radius 3 is 2.33 bits per heavy atom. The molecule has 2 N–H and O–H groups in total. The molecule has 0 spiro atoms. The molecular formula is C9H20O5S. The molecule has 0 saturated heterocycles. The molecule has 15 heavy (non-hydrogen) atoms. The van der Waals surface area contributed by atoms with Crippen molar-refractivity contribution in [3.63, 3.8) is 0 Å². The predicted molar refractivity (Wildman–Crippen MR) is 56.8 cm³/mol. The van der Waals surface area contributed by atoms with Crippen LogP contribution in [0.25, 0.3) is 0 Å². The smallest absolute Gasteiger partial charge is 0.388 e. The minimum Gasteiger partial charge on any atom is -0.388 e. The molecular weight excluding hydrogens is 220 g/mol. The average molecular weight is 240 g/mol. The summed E-state index contributed by atoms with van der Waals surface area (Å²) in [6.45, 7) is 5.22. The summed E-state index contributed by atoms with van der Waals surface area (Å²) >= 11 is 0. The van der Waals surface area contributed by atoms with E-state index in [0.29, 0.717) is 12.3 Å². The fourth-order valence-corrected chi connectivity index (χ4v) is 1.57. The van der Waals surface area contributed by atoms with Crippen LogP contribution in [0.5, 0.6) is 0 Å². The van der Waals surface area contributed by atoms with E-state index in [1.54, 1.807) is 0 Å². The standard InChI is InChI=1S/C9H20O5S/c1-8(2)5-4-6-9(3,10)7-14-15(11,12)13/h8,10H,4-7H2,1-3H3,(H,11,12,13). The van der Waals surface area contributed by atoms with Gasteiger partial charge in [-0.1, -0.05) is 26.7 Å². The number of aliphatic hydroxyl groups is 1. The van der Waals surface area contributed by atoms with Crippen molar-refractivity contribution >= 4 is 10.4 Å². The molecule has 0 aromatic heterocycles. The molecule has 0 aliphatic carbocycles. The van der Waals surface area contributed by atoms with Crippen molar-refractivity contribution in [3.05, 3.63) is 0 Å². The maximum absolute atomic E-state index is 10.3. The van der Waals surface area contributed by atoms with Gasteiger partial charge in [0.2, 0.25) is 0 Å². The molecule has 0 aliphatic rings. The molecule has 5 nitrogen and oxygen atoms in total. The number of rotatable bonds is 7. The summed E-state index contributed by atoms with van der Waals surface area (Å²) < 4.78 is 33.0. The van der Waals surface area contributed by atoms with Crippen LogP contribution in [-0.2, 0) is 14.6 Å². The summed E-state index contributed by atoms with van der Waals surface area (Å²) in [6.07, 6.45) is 2.20. The lowest BCUT2D eigenvalue weighted by Gasteiger charge is -2.22. The summed E-state index contributed by atoms with van der Waals surface area (Å²) in [5.41, 5.74) is -1.22. The van der Waals surface area contributed by atoms with E-state index < -0.39 is 22.6 Å². The molecule has 0 saturated carbocycles. The Morgan fingerprint density at radius 2 is 1.93 bits per heavy atom. The van der Waals surface area contributed by atoms with Crippen molar-refractivity contribution in [3.8, 4) is 0 Å². The summed E-state index contributed by atoms with van der Waals surface area (Å²) in [7, 11) is -4.46. The van der Waals surface area contributed by atoms with Crippen LogP contribution >= 0.6 is 0 Å². The highest BCUT2D eigenvalue weighted by molar-refractivity contribution is 7.80. The second kappa shape index (κ2) is 5.79. The van der Waals surface area contributed by atoms with Crippen LogP contribution in [0, 0.1) is 5.92 Å². The van der Waals surface area contributed by atoms with Gasteiger partial charge in [-0.3, -0.25) is 4.55 Å². The molecule has 0 aromatic carbocycles. The van der Waals surface area contributed by atoms with E-state index in [1.165, 1.54) is 6.92 Å². The van der Waals surface area contributed by atoms with Gasteiger partial charge in [-0.2, -0.15) is 8.42 Å². The van der Waals surface area contributed by atoms with Crippen LogP contribution in [0.4, 0.5) is 0 Å². The second-order valence-electron chi connectivity index (χ2n) is 4.47. The van der Waals surface area contributed by atoms with Crippen molar-refractivity contribution in [2.75, 3.05) is 6.61 Å². The SMILES string of the molecule is CC(C)CCCC(C)(O)COS(=O)(=O)O.